The molecule has 1 N–H and O–H groups in total. The number of benzene rings is 1. The van der Waals surface area contributed by atoms with Gasteiger partial charge >= 0.3 is 5.97 Å². The van der Waals surface area contributed by atoms with E-state index in [9.17, 15) is 14.9 Å². The van der Waals surface area contributed by atoms with Crippen molar-refractivity contribution in [2.45, 2.75) is 57.7 Å². The van der Waals surface area contributed by atoms with E-state index in [2.05, 4.69) is 9.88 Å². The van der Waals surface area contributed by atoms with Crippen molar-refractivity contribution in [1.82, 2.24) is 9.88 Å². The number of nitriles is 1. The molecule has 1 aromatic heterocycles. The van der Waals surface area contributed by atoms with Gasteiger partial charge in [0.1, 0.15) is 11.6 Å². The number of rotatable bonds is 7. The maximum Gasteiger partial charge on any atom is 0.350 e. The van der Waals surface area contributed by atoms with Gasteiger partial charge in [0.2, 0.25) is 6.10 Å². The largest absolute Gasteiger partial charge is 0.443 e. The lowest BCUT2D eigenvalue weighted by Crippen LogP contribution is -2.33. The molecule has 4 rings (SSSR count). The Hall–Kier alpha value is -3.33. The average molecular weight is 403 g/mol. The number of nitrogens with zero attached hydrogens (tertiary/aromatic N) is 2. The molecule has 1 amide bonds. The average Bonchev–Trinajstić information content (AvgIpc) is 3.66. The zero-order chi connectivity index (χ0) is 21.3. The van der Waals surface area contributed by atoms with Gasteiger partial charge in [0.25, 0.3) is 5.91 Å². The van der Waals surface area contributed by atoms with Gasteiger partial charge in [-0.05, 0) is 57.2 Å². The third kappa shape index (κ3) is 4.30. The van der Waals surface area contributed by atoms with Crippen LogP contribution in [-0.2, 0) is 14.3 Å². The van der Waals surface area contributed by atoms with Gasteiger partial charge in [-0.15, -0.1) is 0 Å². The molecule has 0 radical (unpaired) electrons. The highest BCUT2D eigenvalue weighted by molar-refractivity contribution is 5.99. The number of aromatic nitrogens is 1. The molecule has 0 bridgehead atoms. The first-order valence-corrected chi connectivity index (χ1v) is 10.3. The lowest BCUT2D eigenvalue weighted by atomic mass is 10.1. The molecule has 0 unspecified atom stereocenters. The van der Waals surface area contributed by atoms with E-state index in [1.54, 1.807) is 30.3 Å². The predicted molar refractivity (Wildman–Crippen MR) is 112 cm³/mol. The van der Waals surface area contributed by atoms with Crippen LogP contribution in [0.1, 0.15) is 60.3 Å². The first kappa shape index (κ1) is 20.0. The summed E-state index contributed by atoms with van der Waals surface area (Å²) in [6.07, 6.45) is 4.64. The van der Waals surface area contributed by atoms with E-state index in [0.29, 0.717) is 11.6 Å². The SMILES string of the molecule is Cc1cc(/C=C(\C#N)C(=O)O[C@H](C(=O)NC2CC2)c2ccccc2)c(C)n1C1CC1. The lowest BCUT2D eigenvalue weighted by molar-refractivity contribution is -0.152. The topological polar surface area (TPSA) is 84.1 Å². The monoisotopic (exact) mass is 403 g/mol. The second kappa shape index (κ2) is 8.19. The van der Waals surface area contributed by atoms with Crippen molar-refractivity contribution in [1.29, 1.82) is 5.26 Å². The van der Waals surface area contributed by atoms with Gasteiger partial charge < -0.3 is 14.6 Å². The van der Waals surface area contributed by atoms with Gasteiger partial charge in [0.15, 0.2) is 0 Å². The maximum absolute atomic E-state index is 12.8. The zero-order valence-corrected chi connectivity index (χ0v) is 17.2. The fourth-order valence-corrected chi connectivity index (χ4v) is 3.71. The molecule has 0 saturated heterocycles. The van der Waals surface area contributed by atoms with E-state index >= 15 is 0 Å². The van der Waals surface area contributed by atoms with Gasteiger partial charge in [-0.25, -0.2) is 4.79 Å². The summed E-state index contributed by atoms with van der Waals surface area (Å²) < 4.78 is 7.79. The van der Waals surface area contributed by atoms with Crippen molar-refractivity contribution in [2.75, 3.05) is 0 Å². The summed E-state index contributed by atoms with van der Waals surface area (Å²) in [6, 6.07) is 13.5. The Morgan fingerprint density at radius 1 is 1.20 bits per heavy atom. The molecule has 1 aromatic carbocycles. The lowest BCUT2D eigenvalue weighted by Gasteiger charge is -2.17. The molecule has 6 heteroatoms. The van der Waals surface area contributed by atoms with Crippen LogP contribution in [0.25, 0.3) is 6.08 Å². The minimum Gasteiger partial charge on any atom is -0.443 e. The van der Waals surface area contributed by atoms with Crippen molar-refractivity contribution in [3.63, 3.8) is 0 Å². The second-order valence-electron chi connectivity index (χ2n) is 8.08. The predicted octanol–water partition coefficient (Wildman–Crippen LogP) is 3.91. The molecule has 0 aliphatic heterocycles. The fourth-order valence-electron chi connectivity index (χ4n) is 3.71. The Labute approximate surface area is 176 Å². The van der Waals surface area contributed by atoms with Crippen LogP contribution in [0.2, 0.25) is 0 Å². The summed E-state index contributed by atoms with van der Waals surface area (Å²) in [5.41, 5.74) is 3.42. The molecule has 2 aliphatic rings. The Kier molecular flexibility index (Phi) is 5.45. The van der Waals surface area contributed by atoms with Crippen molar-refractivity contribution in [3.05, 3.63) is 64.5 Å². The molecular formula is C24H25N3O3. The van der Waals surface area contributed by atoms with Crippen LogP contribution in [0.15, 0.2) is 42.0 Å². The second-order valence-corrected chi connectivity index (χ2v) is 8.08. The molecule has 2 fully saturated rings. The van der Waals surface area contributed by atoms with E-state index in [0.717, 1.165) is 42.6 Å². The standard InChI is InChI=1S/C24H25N3O3/c1-15-12-18(16(2)27(15)21-10-11-21)13-19(14-25)24(29)30-22(17-6-4-3-5-7-17)23(28)26-20-8-9-20/h3-7,12-13,20-22H,8-11H2,1-2H3,(H,26,28)/b19-13+/t22-/m0/s1. The molecule has 2 saturated carbocycles. The minimum absolute atomic E-state index is 0.119. The first-order valence-electron chi connectivity index (χ1n) is 10.3. The van der Waals surface area contributed by atoms with Crippen LogP contribution >= 0.6 is 0 Å². The third-order valence-corrected chi connectivity index (χ3v) is 5.56. The van der Waals surface area contributed by atoms with Gasteiger partial charge in [-0.1, -0.05) is 30.3 Å². The maximum atomic E-state index is 12.8. The van der Waals surface area contributed by atoms with E-state index in [4.69, 9.17) is 4.74 Å². The number of esters is 1. The summed E-state index contributed by atoms with van der Waals surface area (Å²) in [6.45, 7) is 4.02. The Morgan fingerprint density at radius 3 is 2.50 bits per heavy atom. The van der Waals surface area contributed by atoms with Crippen LogP contribution in [0.5, 0.6) is 0 Å². The Morgan fingerprint density at radius 2 is 1.90 bits per heavy atom. The molecule has 30 heavy (non-hydrogen) atoms. The molecule has 1 heterocycles. The van der Waals surface area contributed by atoms with E-state index in [1.807, 2.05) is 32.0 Å². The molecule has 6 nitrogen and oxygen atoms in total. The number of nitrogens with one attached hydrogen (secondary N) is 1. The van der Waals surface area contributed by atoms with Crippen LogP contribution in [0.4, 0.5) is 0 Å². The number of ether oxygens (including phenoxy) is 1. The number of amides is 1. The van der Waals surface area contributed by atoms with Gasteiger partial charge in [-0.3, -0.25) is 4.79 Å². The minimum atomic E-state index is -1.09. The highest BCUT2D eigenvalue weighted by Gasteiger charge is 2.32. The van der Waals surface area contributed by atoms with E-state index < -0.39 is 12.1 Å². The Bertz CT molecular complexity index is 1040. The molecule has 2 aromatic rings. The van der Waals surface area contributed by atoms with Crippen LogP contribution in [0, 0.1) is 25.2 Å². The molecule has 2 aliphatic carbocycles. The van der Waals surface area contributed by atoms with Crippen molar-refractivity contribution < 1.29 is 14.3 Å². The van der Waals surface area contributed by atoms with Crippen molar-refractivity contribution in [3.8, 4) is 6.07 Å². The van der Waals surface area contributed by atoms with Crippen molar-refractivity contribution in [2.24, 2.45) is 0 Å². The summed E-state index contributed by atoms with van der Waals surface area (Å²) in [5.74, 6) is -1.16. The van der Waals surface area contributed by atoms with Crippen LogP contribution in [-0.4, -0.2) is 22.5 Å². The highest BCUT2D eigenvalue weighted by Crippen LogP contribution is 2.38. The summed E-state index contributed by atoms with van der Waals surface area (Å²) in [5, 5.41) is 12.5. The number of carbonyl (C=O) groups is 2. The van der Waals surface area contributed by atoms with Crippen LogP contribution < -0.4 is 5.32 Å². The van der Waals surface area contributed by atoms with Crippen LogP contribution in [0.3, 0.4) is 0 Å². The molecule has 154 valence electrons. The number of hydrogen-bond donors (Lipinski definition) is 1. The van der Waals surface area contributed by atoms with Gasteiger partial charge in [-0.2, -0.15) is 5.26 Å². The summed E-state index contributed by atoms with van der Waals surface area (Å²) in [7, 11) is 0. The number of carbonyl (C=O) groups excluding carboxylic acids is 2. The number of aryl methyl sites for hydroxylation is 1. The van der Waals surface area contributed by atoms with E-state index in [-0.39, 0.29) is 17.5 Å². The first-order chi connectivity index (χ1) is 14.5. The quantitative estimate of drug-likeness (QED) is 0.432. The highest BCUT2D eigenvalue weighted by atomic mass is 16.5. The molecule has 1 atom stereocenters. The van der Waals surface area contributed by atoms with Gasteiger partial charge in [0.05, 0.1) is 0 Å². The fraction of sp³-hybridized carbons (Fsp3) is 0.375. The van der Waals surface area contributed by atoms with E-state index in [1.165, 1.54) is 0 Å². The van der Waals surface area contributed by atoms with Gasteiger partial charge in [0, 0.05) is 29.0 Å². The molecule has 0 spiro atoms. The summed E-state index contributed by atoms with van der Waals surface area (Å²) >= 11 is 0. The smallest absolute Gasteiger partial charge is 0.350 e. The van der Waals surface area contributed by atoms with Crippen molar-refractivity contribution >= 4 is 18.0 Å². The Balaban J connectivity index is 1.57. The normalized spacial score (nSPS) is 17.2. The number of hydrogen-bond acceptors (Lipinski definition) is 4. The molecular weight excluding hydrogens is 378 g/mol. The third-order valence-electron chi connectivity index (χ3n) is 5.56. The summed E-state index contributed by atoms with van der Waals surface area (Å²) in [4.78, 5) is 25.5. The zero-order valence-electron chi connectivity index (χ0n) is 17.2.